The minimum absolute atomic E-state index is 0.554. The van der Waals surface area contributed by atoms with Crippen LogP contribution in [0.3, 0.4) is 0 Å². The van der Waals surface area contributed by atoms with Crippen LogP contribution in [0.2, 0.25) is 0 Å². The minimum Gasteiger partial charge on any atom is -0.379 e. The van der Waals surface area contributed by atoms with Crippen LogP contribution in [-0.2, 0) is 11.3 Å². The number of ether oxygens (including phenoxy) is 1. The maximum absolute atomic E-state index is 5.35. The van der Waals surface area contributed by atoms with Crippen LogP contribution in [0.1, 0.15) is 11.1 Å². The maximum atomic E-state index is 5.35. The SMILES string of the molecule is Cc1ccccc1CNc1cnnc(NCCN2CCOCC2)n1. The number of benzene rings is 1. The molecule has 0 saturated carbocycles. The van der Waals surface area contributed by atoms with Crippen molar-refractivity contribution in [2.45, 2.75) is 13.5 Å². The third-order valence-electron chi connectivity index (χ3n) is 4.09. The largest absolute Gasteiger partial charge is 0.379 e. The molecular formula is C17H24N6O. The van der Waals surface area contributed by atoms with Crippen molar-refractivity contribution in [2.75, 3.05) is 50.0 Å². The molecule has 1 aliphatic rings. The van der Waals surface area contributed by atoms with E-state index >= 15 is 0 Å². The van der Waals surface area contributed by atoms with E-state index in [9.17, 15) is 0 Å². The normalized spacial score (nSPS) is 15.2. The molecule has 128 valence electrons. The molecule has 7 heteroatoms. The van der Waals surface area contributed by atoms with Crippen LogP contribution in [-0.4, -0.2) is 59.5 Å². The van der Waals surface area contributed by atoms with E-state index in [0.717, 1.165) is 51.8 Å². The molecular weight excluding hydrogens is 304 g/mol. The Morgan fingerprint density at radius 3 is 2.83 bits per heavy atom. The van der Waals surface area contributed by atoms with Crippen LogP contribution in [0, 0.1) is 6.92 Å². The van der Waals surface area contributed by atoms with E-state index in [-0.39, 0.29) is 0 Å². The predicted molar refractivity (Wildman–Crippen MR) is 94.1 cm³/mol. The Balaban J connectivity index is 1.47. The fourth-order valence-corrected chi connectivity index (χ4v) is 2.61. The Bertz CT molecular complexity index is 644. The number of nitrogens with zero attached hydrogens (tertiary/aromatic N) is 4. The number of rotatable bonds is 7. The number of nitrogens with one attached hydrogen (secondary N) is 2. The zero-order chi connectivity index (χ0) is 16.6. The third kappa shape index (κ3) is 4.87. The number of morpholine rings is 1. The van der Waals surface area contributed by atoms with E-state index < -0.39 is 0 Å². The van der Waals surface area contributed by atoms with E-state index in [1.807, 2.05) is 12.1 Å². The third-order valence-corrected chi connectivity index (χ3v) is 4.09. The molecule has 1 aromatic carbocycles. The number of hydrogen-bond acceptors (Lipinski definition) is 7. The van der Waals surface area contributed by atoms with Gasteiger partial charge in [-0.1, -0.05) is 24.3 Å². The lowest BCUT2D eigenvalue weighted by Crippen LogP contribution is -2.39. The summed E-state index contributed by atoms with van der Waals surface area (Å²) in [4.78, 5) is 6.83. The predicted octanol–water partition coefficient (Wildman–Crippen LogP) is 1.54. The van der Waals surface area contributed by atoms with Gasteiger partial charge in [0.2, 0.25) is 5.95 Å². The van der Waals surface area contributed by atoms with Gasteiger partial charge in [0.15, 0.2) is 5.82 Å². The van der Waals surface area contributed by atoms with Gasteiger partial charge in [0.1, 0.15) is 0 Å². The van der Waals surface area contributed by atoms with Crippen molar-refractivity contribution >= 4 is 11.8 Å². The van der Waals surface area contributed by atoms with E-state index in [1.54, 1.807) is 6.20 Å². The van der Waals surface area contributed by atoms with E-state index in [1.165, 1.54) is 11.1 Å². The molecule has 24 heavy (non-hydrogen) atoms. The van der Waals surface area contributed by atoms with Crippen LogP contribution >= 0.6 is 0 Å². The molecule has 1 saturated heterocycles. The van der Waals surface area contributed by atoms with Crippen molar-refractivity contribution in [3.8, 4) is 0 Å². The van der Waals surface area contributed by atoms with Crippen LogP contribution in [0.5, 0.6) is 0 Å². The van der Waals surface area contributed by atoms with Gasteiger partial charge in [0.05, 0.1) is 19.4 Å². The van der Waals surface area contributed by atoms with Gasteiger partial charge in [0, 0.05) is 32.7 Å². The smallest absolute Gasteiger partial charge is 0.244 e. The monoisotopic (exact) mass is 328 g/mol. The second kappa shape index (κ2) is 8.56. The highest BCUT2D eigenvalue weighted by Gasteiger charge is 2.09. The molecule has 3 rings (SSSR count). The molecule has 1 aliphatic heterocycles. The summed E-state index contributed by atoms with van der Waals surface area (Å²) < 4.78 is 5.35. The average molecular weight is 328 g/mol. The molecule has 0 unspecified atom stereocenters. The molecule has 0 radical (unpaired) electrons. The highest BCUT2D eigenvalue weighted by molar-refractivity contribution is 5.39. The zero-order valence-corrected chi connectivity index (χ0v) is 14.0. The zero-order valence-electron chi connectivity index (χ0n) is 14.0. The van der Waals surface area contributed by atoms with Gasteiger partial charge in [0.25, 0.3) is 0 Å². The first-order chi connectivity index (χ1) is 11.8. The van der Waals surface area contributed by atoms with Gasteiger partial charge in [-0.15, -0.1) is 5.10 Å². The maximum Gasteiger partial charge on any atom is 0.244 e. The lowest BCUT2D eigenvalue weighted by Gasteiger charge is -2.26. The Kier molecular flexibility index (Phi) is 5.92. The van der Waals surface area contributed by atoms with Crippen molar-refractivity contribution in [3.63, 3.8) is 0 Å². The topological polar surface area (TPSA) is 75.2 Å². The summed E-state index contributed by atoms with van der Waals surface area (Å²) in [5.74, 6) is 1.28. The quantitative estimate of drug-likeness (QED) is 0.798. The van der Waals surface area contributed by atoms with Crippen LogP contribution in [0.4, 0.5) is 11.8 Å². The van der Waals surface area contributed by atoms with Gasteiger partial charge < -0.3 is 15.4 Å². The summed E-state index contributed by atoms with van der Waals surface area (Å²) in [5.41, 5.74) is 2.51. The van der Waals surface area contributed by atoms with Crippen molar-refractivity contribution < 1.29 is 4.74 Å². The Morgan fingerprint density at radius 2 is 2.00 bits per heavy atom. The first-order valence-corrected chi connectivity index (χ1v) is 8.33. The molecule has 2 aromatic rings. The summed E-state index contributed by atoms with van der Waals surface area (Å²) >= 11 is 0. The minimum atomic E-state index is 0.554. The number of aromatic nitrogens is 3. The van der Waals surface area contributed by atoms with Crippen molar-refractivity contribution in [2.24, 2.45) is 0 Å². The number of aryl methyl sites for hydroxylation is 1. The second-order valence-corrected chi connectivity index (χ2v) is 5.83. The summed E-state index contributed by atoms with van der Waals surface area (Å²) in [5, 5.41) is 14.6. The summed E-state index contributed by atoms with van der Waals surface area (Å²) in [7, 11) is 0. The van der Waals surface area contributed by atoms with Gasteiger partial charge in [-0.2, -0.15) is 10.1 Å². The summed E-state index contributed by atoms with van der Waals surface area (Å²) in [6.07, 6.45) is 1.64. The van der Waals surface area contributed by atoms with Gasteiger partial charge in [-0.3, -0.25) is 4.90 Å². The fraction of sp³-hybridized carbons (Fsp3) is 0.471. The molecule has 1 fully saturated rings. The van der Waals surface area contributed by atoms with Crippen molar-refractivity contribution in [1.82, 2.24) is 20.1 Å². The van der Waals surface area contributed by atoms with Crippen molar-refractivity contribution in [1.29, 1.82) is 0 Å². The van der Waals surface area contributed by atoms with Crippen molar-refractivity contribution in [3.05, 3.63) is 41.6 Å². The Hall–Kier alpha value is -2.25. The first-order valence-electron chi connectivity index (χ1n) is 8.33. The first kappa shape index (κ1) is 16.6. The molecule has 0 amide bonds. The molecule has 0 bridgehead atoms. The van der Waals surface area contributed by atoms with E-state index in [2.05, 4.69) is 49.8 Å². The highest BCUT2D eigenvalue weighted by atomic mass is 16.5. The molecule has 2 N–H and O–H groups in total. The summed E-state index contributed by atoms with van der Waals surface area (Å²) in [6, 6.07) is 8.30. The fourth-order valence-electron chi connectivity index (χ4n) is 2.61. The molecule has 1 aromatic heterocycles. The van der Waals surface area contributed by atoms with Crippen LogP contribution < -0.4 is 10.6 Å². The Morgan fingerprint density at radius 1 is 1.17 bits per heavy atom. The molecule has 0 spiro atoms. The molecule has 7 nitrogen and oxygen atoms in total. The van der Waals surface area contributed by atoms with Gasteiger partial charge >= 0.3 is 0 Å². The molecule has 0 aliphatic carbocycles. The summed E-state index contributed by atoms with van der Waals surface area (Å²) in [6.45, 7) is 8.17. The van der Waals surface area contributed by atoms with Gasteiger partial charge in [-0.05, 0) is 18.1 Å². The standard InChI is InChI=1S/C17H24N6O/c1-14-4-2-3-5-15(14)12-19-16-13-20-22-17(21-16)18-6-7-23-8-10-24-11-9-23/h2-5,13H,6-12H2,1H3,(H2,18,19,21,22). The van der Waals surface area contributed by atoms with Crippen LogP contribution in [0.15, 0.2) is 30.5 Å². The lowest BCUT2D eigenvalue weighted by atomic mass is 10.1. The van der Waals surface area contributed by atoms with Crippen LogP contribution in [0.25, 0.3) is 0 Å². The molecule has 2 heterocycles. The number of hydrogen-bond donors (Lipinski definition) is 2. The van der Waals surface area contributed by atoms with Gasteiger partial charge in [-0.25, -0.2) is 0 Å². The van der Waals surface area contributed by atoms with E-state index in [0.29, 0.717) is 5.95 Å². The Labute approximate surface area is 142 Å². The second-order valence-electron chi connectivity index (χ2n) is 5.83. The van der Waals surface area contributed by atoms with E-state index in [4.69, 9.17) is 4.74 Å². The lowest BCUT2D eigenvalue weighted by molar-refractivity contribution is 0.0398. The average Bonchev–Trinajstić information content (AvgIpc) is 2.62. The highest BCUT2D eigenvalue weighted by Crippen LogP contribution is 2.10. The molecule has 0 atom stereocenters. The number of anilines is 2.